The highest BCUT2D eigenvalue weighted by Crippen LogP contribution is 2.20. The molecule has 1 aromatic carbocycles. The van der Waals surface area contributed by atoms with Crippen LogP contribution in [0.1, 0.15) is 32.8 Å². The van der Waals surface area contributed by atoms with Crippen molar-refractivity contribution in [2.75, 3.05) is 26.7 Å². The minimum atomic E-state index is -0.243. The molecular weight excluding hydrogens is 455 g/mol. The van der Waals surface area contributed by atoms with Gasteiger partial charge in [-0.3, -0.25) is 14.7 Å². The molecule has 2 N–H and O–H groups in total. The third-order valence-electron chi connectivity index (χ3n) is 4.74. The zero-order valence-corrected chi connectivity index (χ0v) is 19.1. The van der Waals surface area contributed by atoms with Crippen LogP contribution in [0, 0.1) is 5.92 Å². The van der Waals surface area contributed by atoms with E-state index < -0.39 is 0 Å². The lowest BCUT2D eigenvalue weighted by Gasteiger charge is -2.21. The molecule has 3 atom stereocenters. The molecule has 1 aliphatic rings. The van der Waals surface area contributed by atoms with E-state index in [1.807, 2.05) is 13.8 Å². The second kappa shape index (κ2) is 12.2. The smallest absolute Gasteiger partial charge is 0.310 e. The summed E-state index contributed by atoms with van der Waals surface area (Å²) in [7, 11) is 1.41. The highest BCUT2D eigenvalue weighted by Gasteiger charge is 2.29. The molecule has 0 radical (unpaired) electrons. The molecule has 1 aliphatic heterocycles. The van der Waals surface area contributed by atoms with Crippen LogP contribution in [0.25, 0.3) is 0 Å². The lowest BCUT2D eigenvalue weighted by molar-refractivity contribution is -0.144. The van der Waals surface area contributed by atoms with Gasteiger partial charge in [0.25, 0.3) is 0 Å². The number of esters is 1. The van der Waals surface area contributed by atoms with Gasteiger partial charge in [0.2, 0.25) is 0 Å². The van der Waals surface area contributed by atoms with Crippen LogP contribution < -0.4 is 10.6 Å². The molecule has 1 fully saturated rings. The van der Waals surface area contributed by atoms with Crippen LogP contribution in [0.15, 0.2) is 35.3 Å². The van der Waals surface area contributed by atoms with Gasteiger partial charge in [-0.1, -0.05) is 37.3 Å². The molecule has 0 bridgehead atoms. The maximum atomic E-state index is 11.5. The van der Waals surface area contributed by atoms with Crippen LogP contribution in [-0.2, 0) is 16.1 Å². The predicted molar refractivity (Wildman–Crippen MR) is 120 cm³/mol. The molecular formula is C20H33IN4O2. The van der Waals surface area contributed by atoms with E-state index in [2.05, 4.69) is 57.8 Å². The standard InChI is InChI=1S/C20H32N4O2.HI/c1-5-21-20(22-12-15(2)19(25)26-4)23-18-11-16(3)24(14-18)13-17-9-7-6-8-10-17;/h6-10,15-16,18H,5,11-14H2,1-4H3,(H2,21,22,23);1H. The van der Waals surface area contributed by atoms with Gasteiger partial charge in [-0.2, -0.15) is 0 Å². The van der Waals surface area contributed by atoms with E-state index in [4.69, 9.17) is 4.74 Å². The third kappa shape index (κ3) is 7.65. The second-order valence-corrected chi connectivity index (χ2v) is 6.98. The number of likely N-dealkylation sites (tertiary alicyclic amines) is 1. The van der Waals surface area contributed by atoms with E-state index in [1.54, 1.807) is 0 Å². The average molecular weight is 488 g/mol. The van der Waals surface area contributed by atoms with Crippen molar-refractivity contribution < 1.29 is 9.53 Å². The number of guanidine groups is 1. The predicted octanol–water partition coefficient (Wildman–Crippen LogP) is 2.63. The fourth-order valence-corrected chi connectivity index (χ4v) is 3.26. The first kappa shape index (κ1) is 23.7. The van der Waals surface area contributed by atoms with E-state index in [1.165, 1.54) is 12.7 Å². The van der Waals surface area contributed by atoms with Gasteiger partial charge in [0.15, 0.2) is 5.96 Å². The summed E-state index contributed by atoms with van der Waals surface area (Å²) in [6.45, 7) is 9.29. The summed E-state index contributed by atoms with van der Waals surface area (Å²) in [6, 6.07) is 11.4. The lowest BCUT2D eigenvalue weighted by Crippen LogP contribution is -2.44. The number of rotatable bonds is 7. The first-order valence-corrected chi connectivity index (χ1v) is 9.44. The topological polar surface area (TPSA) is 66.0 Å². The van der Waals surface area contributed by atoms with Gasteiger partial charge in [0.1, 0.15) is 0 Å². The molecule has 7 heteroatoms. The maximum absolute atomic E-state index is 11.5. The highest BCUT2D eigenvalue weighted by molar-refractivity contribution is 14.0. The summed E-state index contributed by atoms with van der Waals surface area (Å²) in [4.78, 5) is 18.6. The largest absolute Gasteiger partial charge is 0.469 e. The highest BCUT2D eigenvalue weighted by atomic mass is 127. The lowest BCUT2D eigenvalue weighted by atomic mass is 10.2. The Balaban J connectivity index is 0.00000364. The van der Waals surface area contributed by atoms with E-state index in [-0.39, 0.29) is 35.9 Å². The number of nitrogens with one attached hydrogen (secondary N) is 2. The number of carbonyl (C=O) groups excluding carboxylic acids is 1. The number of methoxy groups -OCH3 is 1. The van der Waals surface area contributed by atoms with Crippen molar-refractivity contribution in [3.05, 3.63) is 35.9 Å². The molecule has 0 aliphatic carbocycles. The van der Waals surface area contributed by atoms with Crippen molar-refractivity contribution >= 4 is 35.9 Å². The third-order valence-corrected chi connectivity index (χ3v) is 4.74. The molecule has 27 heavy (non-hydrogen) atoms. The number of aliphatic imine (C=N–C) groups is 1. The van der Waals surface area contributed by atoms with Crippen molar-refractivity contribution in [1.29, 1.82) is 0 Å². The Morgan fingerprint density at radius 1 is 1.37 bits per heavy atom. The normalized spacial score (nSPS) is 21.3. The monoisotopic (exact) mass is 488 g/mol. The summed E-state index contributed by atoms with van der Waals surface area (Å²) in [5, 5.41) is 6.79. The summed E-state index contributed by atoms with van der Waals surface area (Å²) in [6.07, 6.45) is 1.07. The first-order chi connectivity index (χ1) is 12.5. The van der Waals surface area contributed by atoms with Crippen molar-refractivity contribution in [2.24, 2.45) is 10.9 Å². The molecule has 0 aromatic heterocycles. The second-order valence-electron chi connectivity index (χ2n) is 6.98. The van der Waals surface area contributed by atoms with Gasteiger partial charge >= 0.3 is 5.97 Å². The fourth-order valence-electron chi connectivity index (χ4n) is 3.26. The number of hydrogen-bond donors (Lipinski definition) is 2. The van der Waals surface area contributed by atoms with Crippen molar-refractivity contribution in [2.45, 2.75) is 45.8 Å². The zero-order chi connectivity index (χ0) is 18.9. The molecule has 2 rings (SSSR count). The van der Waals surface area contributed by atoms with Crippen LogP contribution in [0.3, 0.4) is 0 Å². The first-order valence-electron chi connectivity index (χ1n) is 9.44. The van der Waals surface area contributed by atoms with Crippen molar-refractivity contribution in [1.82, 2.24) is 15.5 Å². The summed E-state index contributed by atoms with van der Waals surface area (Å²) < 4.78 is 4.77. The molecule has 0 saturated carbocycles. The van der Waals surface area contributed by atoms with Gasteiger partial charge in [-0.05, 0) is 25.8 Å². The average Bonchev–Trinajstić information content (AvgIpc) is 2.98. The molecule has 152 valence electrons. The minimum absolute atomic E-state index is 0. The molecule has 6 nitrogen and oxygen atoms in total. The van der Waals surface area contributed by atoms with Gasteiger partial charge in [-0.15, -0.1) is 24.0 Å². The number of carbonyl (C=O) groups is 1. The van der Waals surface area contributed by atoms with Crippen LogP contribution in [-0.4, -0.2) is 55.7 Å². The van der Waals surface area contributed by atoms with Crippen molar-refractivity contribution in [3.63, 3.8) is 0 Å². The Morgan fingerprint density at radius 2 is 2.07 bits per heavy atom. The molecule has 1 aromatic rings. The summed E-state index contributed by atoms with van der Waals surface area (Å²) in [5.74, 6) is 0.294. The zero-order valence-electron chi connectivity index (χ0n) is 16.8. The molecule has 1 heterocycles. The quantitative estimate of drug-likeness (QED) is 0.268. The summed E-state index contributed by atoms with van der Waals surface area (Å²) >= 11 is 0. The van der Waals surface area contributed by atoms with E-state index in [0.717, 1.165) is 32.0 Å². The van der Waals surface area contributed by atoms with Crippen LogP contribution >= 0.6 is 24.0 Å². The van der Waals surface area contributed by atoms with Gasteiger partial charge < -0.3 is 15.4 Å². The van der Waals surface area contributed by atoms with Gasteiger partial charge in [-0.25, -0.2) is 0 Å². The molecule has 1 saturated heterocycles. The molecule has 0 amide bonds. The Morgan fingerprint density at radius 3 is 2.70 bits per heavy atom. The number of benzene rings is 1. The van der Waals surface area contributed by atoms with E-state index in [0.29, 0.717) is 18.6 Å². The molecule has 0 spiro atoms. The van der Waals surface area contributed by atoms with E-state index in [9.17, 15) is 4.79 Å². The Kier molecular flexibility index (Phi) is 10.7. The molecule has 3 unspecified atom stereocenters. The number of hydrogen-bond acceptors (Lipinski definition) is 4. The van der Waals surface area contributed by atoms with Crippen LogP contribution in [0.4, 0.5) is 0 Å². The van der Waals surface area contributed by atoms with Crippen LogP contribution in [0.5, 0.6) is 0 Å². The Labute approximate surface area is 180 Å². The maximum Gasteiger partial charge on any atom is 0.310 e. The Hall–Kier alpha value is -1.35. The number of nitrogens with zero attached hydrogens (tertiary/aromatic N) is 2. The van der Waals surface area contributed by atoms with Crippen molar-refractivity contribution in [3.8, 4) is 0 Å². The SMILES string of the molecule is CCNC(=NCC(C)C(=O)OC)NC1CC(C)N(Cc2ccccc2)C1.I. The van der Waals surface area contributed by atoms with Gasteiger partial charge in [0, 0.05) is 31.7 Å². The summed E-state index contributed by atoms with van der Waals surface area (Å²) in [5.41, 5.74) is 1.34. The fraction of sp³-hybridized carbons (Fsp3) is 0.600. The number of ether oxygens (including phenoxy) is 1. The van der Waals surface area contributed by atoms with Crippen LogP contribution in [0.2, 0.25) is 0 Å². The number of halogens is 1. The van der Waals surface area contributed by atoms with E-state index >= 15 is 0 Å². The Bertz CT molecular complexity index is 597. The van der Waals surface area contributed by atoms with Gasteiger partial charge in [0.05, 0.1) is 19.6 Å². The minimum Gasteiger partial charge on any atom is -0.469 e.